The van der Waals surface area contributed by atoms with Crippen LogP contribution in [-0.2, 0) is 6.42 Å². The number of likely N-dealkylation sites (N-methyl/N-ethyl adjacent to an activating group) is 1. The van der Waals surface area contributed by atoms with E-state index < -0.39 is 0 Å². The monoisotopic (exact) mass is 246 g/mol. The van der Waals surface area contributed by atoms with Gasteiger partial charge in [-0.1, -0.05) is 29.8 Å². The van der Waals surface area contributed by atoms with Gasteiger partial charge in [-0.25, -0.2) is 0 Å². The van der Waals surface area contributed by atoms with Crippen LogP contribution in [0.4, 0.5) is 0 Å². The molecule has 0 fully saturated rings. The molecule has 88 valence electrons. The number of hydrogen-bond acceptors (Lipinski definition) is 2. The fraction of sp³-hybridized carbons (Fsp3) is 0.214. The minimum Gasteiger partial charge on any atom is -0.311 e. The lowest BCUT2D eigenvalue weighted by atomic mass is 10.0. The van der Waals surface area contributed by atoms with E-state index in [9.17, 15) is 0 Å². The Hall–Kier alpha value is -1.38. The third-order valence-electron chi connectivity index (χ3n) is 2.72. The van der Waals surface area contributed by atoms with Gasteiger partial charge in [0.2, 0.25) is 0 Å². The van der Waals surface area contributed by atoms with Crippen LogP contribution in [0.3, 0.4) is 0 Å². The number of nitrogens with one attached hydrogen (secondary N) is 1. The van der Waals surface area contributed by atoms with E-state index in [0.29, 0.717) is 0 Å². The highest BCUT2D eigenvalue weighted by Gasteiger charge is 2.10. The minimum absolute atomic E-state index is 0.217. The lowest BCUT2D eigenvalue weighted by Gasteiger charge is -2.15. The van der Waals surface area contributed by atoms with E-state index in [0.717, 1.165) is 17.1 Å². The van der Waals surface area contributed by atoms with Gasteiger partial charge < -0.3 is 5.32 Å². The summed E-state index contributed by atoms with van der Waals surface area (Å²) >= 11 is 5.98. The van der Waals surface area contributed by atoms with Crippen molar-refractivity contribution in [2.24, 2.45) is 0 Å². The second-order valence-corrected chi connectivity index (χ2v) is 4.37. The van der Waals surface area contributed by atoms with E-state index in [-0.39, 0.29) is 6.04 Å². The number of hydrogen-bond donors (Lipinski definition) is 1. The molecule has 1 unspecified atom stereocenters. The molecule has 0 spiro atoms. The van der Waals surface area contributed by atoms with Crippen LogP contribution in [0.1, 0.15) is 17.3 Å². The van der Waals surface area contributed by atoms with Gasteiger partial charge in [-0.05, 0) is 43.3 Å². The topological polar surface area (TPSA) is 24.9 Å². The number of benzene rings is 1. The van der Waals surface area contributed by atoms with Crippen molar-refractivity contribution in [1.29, 1.82) is 0 Å². The van der Waals surface area contributed by atoms with Crippen LogP contribution in [-0.4, -0.2) is 12.0 Å². The van der Waals surface area contributed by atoms with Crippen molar-refractivity contribution < 1.29 is 0 Å². The fourth-order valence-electron chi connectivity index (χ4n) is 1.84. The molecule has 1 atom stereocenters. The Balaban J connectivity index is 2.16. The Bertz CT molecular complexity index is 471. The number of halogens is 1. The molecule has 2 aromatic rings. The van der Waals surface area contributed by atoms with Gasteiger partial charge in [0.1, 0.15) is 0 Å². The Kier molecular flexibility index (Phi) is 4.13. The van der Waals surface area contributed by atoms with E-state index in [2.05, 4.69) is 16.4 Å². The van der Waals surface area contributed by atoms with Crippen LogP contribution in [0, 0.1) is 0 Å². The summed E-state index contributed by atoms with van der Waals surface area (Å²) in [5.41, 5.74) is 2.26. The summed E-state index contributed by atoms with van der Waals surface area (Å²) in [7, 11) is 1.95. The highest BCUT2D eigenvalue weighted by molar-refractivity contribution is 6.30. The molecule has 3 heteroatoms. The second-order valence-electron chi connectivity index (χ2n) is 3.93. The van der Waals surface area contributed by atoms with Crippen molar-refractivity contribution in [3.63, 3.8) is 0 Å². The van der Waals surface area contributed by atoms with Gasteiger partial charge in [0.25, 0.3) is 0 Å². The number of nitrogens with zero attached hydrogens (tertiary/aromatic N) is 1. The molecule has 0 aliphatic heterocycles. The molecule has 1 heterocycles. The minimum atomic E-state index is 0.217. The molecule has 2 nitrogen and oxygen atoms in total. The quantitative estimate of drug-likeness (QED) is 0.896. The van der Waals surface area contributed by atoms with Gasteiger partial charge in [-0.2, -0.15) is 0 Å². The summed E-state index contributed by atoms with van der Waals surface area (Å²) in [6.45, 7) is 0. The Morgan fingerprint density at radius 1 is 1.24 bits per heavy atom. The molecular weight excluding hydrogens is 232 g/mol. The van der Waals surface area contributed by atoms with E-state index in [1.54, 1.807) is 0 Å². The standard InChI is InChI=1S/C14H15ClN2/c1-16-14(13-7-2-3-8-17-13)10-11-5-4-6-12(15)9-11/h2-9,14,16H,10H2,1H3. The van der Waals surface area contributed by atoms with Crippen molar-refractivity contribution in [3.8, 4) is 0 Å². The van der Waals surface area contributed by atoms with Crippen LogP contribution < -0.4 is 5.32 Å². The summed E-state index contributed by atoms with van der Waals surface area (Å²) in [6.07, 6.45) is 2.70. The van der Waals surface area contributed by atoms with E-state index >= 15 is 0 Å². The SMILES string of the molecule is CNC(Cc1cccc(Cl)c1)c1ccccn1. The lowest BCUT2D eigenvalue weighted by Crippen LogP contribution is -2.19. The molecule has 1 aromatic heterocycles. The normalized spacial score (nSPS) is 12.4. The molecule has 0 saturated heterocycles. The van der Waals surface area contributed by atoms with Crippen LogP contribution in [0.2, 0.25) is 5.02 Å². The molecule has 17 heavy (non-hydrogen) atoms. The second kappa shape index (κ2) is 5.80. The van der Waals surface area contributed by atoms with Crippen LogP contribution in [0.15, 0.2) is 48.7 Å². The first-order valence-electron chi connectivity index (χ1n) is 5.62. The fourth-order valence-corrected chi connectivity index (χ4v) is 2.05. The third-order valence-corrected chi connectivity index (χ3v) is 2.96. The zero-order valence-corrected chi connectivity index (χ0v) is 10.5. The summed E-state index contributed by atoms with van der Waals surface area (Å²) in [4.78, 5) is 4.37. The Morgan fingerprint density at radius 2 is 2.12 bits per heavy atom. The highest BCUT2D eigenvalue weighted by atomic mass is 35.5. The number of aromatic nitrogens is 1. The predicted molar refractivity (Wildman–Crippen MR) is 71.2 cm³/mol. The summed E-state index contributed by atoms with van der Waals surface area (Å²) < 4.78 is 0. The first kappa shape index (κ1) is 12.1. The first-order valence-corrected chi connectivity index (χ1v) is 6.00. The third kappa shape index (κ3) is 3.29. The van der Waals surface area contributed by atoms with E-state index in [1.807, 2.05) is 49.6 Å². The molecule has 0 aliphatic rings. The van der Waals surface area contributed by atoms with Gasteiger partial charge in [-0.15, -0.1) is 0 Å². The first-order chi connectivity index (χ1) is 8.29. The number of rotatable bonds is 4. The molecule has 2 rings (SSSR count). The maximum absolute atomic E-state index is 5.98. The molecule has 0 aliphatic carbocycles. The van der Waals surface area contributed by atoms with Gasteiger partial charge in [-0.3, -0.25) is 4.98 Å². The van der Waals surface area contributed by atoms with Crippen molar-refractivity contribution in [1.82, 2.24) is 10.3 Å². The van der Waals surface area contributed by atoms with E-state index in [1.165, 1.54) is 5.56 Å². The summed E-state index contributed by atoms with van der Waals surface area (Å²) in [5.74, 6) is 0. The Morgan fingerprint density at radius 3 is 2.76 bits per heavy atom. The average Bonchev–Trinajstić information content (AvgIpc) is 2.37. The lowest BCUT2D eigenvalue weighted by molar-refractivity contribution is 0.576. The van der Waals surface area contributed by atoms with Gasteiger partial charge >= 0.3 is 0 Å². The van der Waals surface area contributed by atoms with Crippen molar-refractivity contribution in [3.05, 3.63) is 64.9 Å². The maximum Gasteiger partial charge on any atom is 0.0576 e. The molecule has 0 saturated carbocycles. The van der Waals surface area contributed by atoms with Gasteiger partial charge in [0.15, 0.2) is 0 Å². The maximum atomic E-state index is 5.98. The predicted octanol–water partition coefficient (Wildman–Crippen LogP) is 3.24. The summed E-state index contributed by atoms with van der Waals surface area (Å²) in [5, 5.41) is 4.06. The van der Waals surface area contributed by atoms with Crippen molar-refractivity contribution in [2.75, 3.05) is 7.05 Å². The summed E-state index contributed by atoms with van der Waals surface area (Å²) in [6, 6.07) is 14.1. The van der Waals surface area contributed by atoms with Gasteiger partial charge in [0.05, 0.1) is 11.7 Å². The highest BCUT2D eigenvalue weighted by Crippen LogP contribution is 2.18. The molecule has 0 amide bonds. The number of pyridine rings is 1. The van der Waals surface area contributed by atoms with Crippen LogP contribution >= 0.6 is 11.6 Å². The Labute approximate surface area is 107 Å². The molecule has 1 N–H and O–H groups in total. The zero-order valence-electron chi connectivity index (χ0n) is 9.73. The molecule has 0 bridgehead atoms. The van der Waals surface area contributed by atoms with Crippen molar-refractivity contribution in [2.45, 2.75) is 12.5 Å². The van der Waals surface area contributed by atoms with E-state index in [4.69, 9.17) is 11.6 Å². The van der Waals surface area contributed by atoms with Gasteiger partial charge in [0, 0.05) is 11.2 Å². The average molecular weight is 247 g/mol. The van der Waals surface area contributed by atoms with Crippen LogP contribution in [0.25, 0.3) is 0 Å². The molecule has 0 radical (unpaired) electrons. The zero-order chi connectivity index (χ0) is 12.1. The molecule has 1 aromatic carbocycles. The smallest absolute Gasteiger partial charge is 0.0576 e. The van der Waals surface area contributed by atoms with Crippen LogP contribution in [0.5, 0.6) is 0 Å². The largest absolute Gasteiger partial charge is 0.311 e. The molecular formula is C14H15ClN2. The van der Waals surface area contributed by atoms with Crippen molar-refractivity contribution >= 4 is 11.6 Å².